The Kier molecular flexibility index (Phi) is 6.37. The summed E-state index contributed by atoms with van der Waals surface area (Å²) in [6.45, 7) is 7.66. The van der Waals surface area contributed by atoms with Crippen LogP contribution in [-0.4, -0.2) is 30.4 Å². The summed E-state index contributed by atoms with van der Waals surface area (Å²) in [5.41, 5.74) is 2.04. The molecule has 0 aromatic rings. The highest BCUT2D eigenvalue weighted by Crippen LogP contribution is 2.66. The van der Waals surface area contributed by atoms with Gasteiger partial charge in [-0.1, -0.05) is 19.4 Å². The van der Waals surface area contributed by atoms with Crippen molar-refractivity contribution in [3.8, 4) is 0 Å². The SMILES string of the molecule is CC(=O)[C@H]1CC[C@H]2[C@@H]3CCC4=C[C@@H](OC(=O)[C@@H]5CCCN5)CC[C@]4(C)[C@H]3CC[C@]12C.Cl. The predicted molar refractivity (Wildman–Crippen MR) is 124 cm³/mol. The molecule has 0 amide bonds. The quantitative estimate of drug-likeness (QED) is 0.472. The largest absolute Gasteiger partial charge is 0.457 e. The standard InChI is InChI=1S/C26H39NO3.ClH/c1-16(28)20-8-9-21-19-7-6-17-15-18(30-24(29)23-5-4-14-27-23)10-12-25(17,2)22(19)11-13-26(20,21)3;/h15,18-23,27H,4-14H2,1-3H3;1H/t18-,19-,20+,21-,22-,23-,25-,26+;/m0./s1. The van der Waals surface area contributed by atoms with Gasteiger partial charge in [-0.05, 0) is 112 Å². The number of ether oxygens (including phenoxy) is 1. The van der Waals surface area contributed by atoms with Crippen molar-refractivity contribution >= 4 is 24.2 Å². The second kappa shape index (κ2) is 8.48. The highest BCUT2D eigenvalue weighted by molar-refractivity contribution is 5.85. The van der Waals surface area contributed by atoms with Crippen LogP contribution in [0, 0.1) is 34.5 Å². The Labute approximate surface area is 193 Å². The third-order valence-corrected chi connectivity index (χ3v) is 10.2. The van der Waals surface area contributed by atoms with Gasteiger partial charge in [0.15, 0.2) is 0 Å². The maximum absolute atomic E-state index is 12.5. The summed E-state index contributed by atoms with van der Waals surface area (Å²) in [6.07, 6.45) is 13.6. The van der Waals surface area contributed by atoms with Crippen molar-refractivity contribution in [1.82, 2.24) is 5.32 Å². The van der Waals surface area contributed by atoms with Crippen molar-refractivity contribution in [2.75, 3.05) is 6.54 Å². The fraction of sp³-hybridized carbons (Fsp3) is 0.846. The molecule has 1 heterocycles. The van der Waals surface area contributed by atoms with Gasteiger partial charge >= 0.3 is 5.97 Å². The van der Waals surface area contributed by atoms with Crippen LogP contribution in [0.15, 0.2) is 11.6 Å². The van der Waals surface area contributed by atoms with E-state index in [2.05, 4.69) is 25.2 Å². The second-order valence-electron chi connectivity index (χ2n) is 11.5. The van der Waals surface area contributed by atoms with E-state index in [1.807, 2.05) is 6.92 Å². The Balaban J connectivity index is 0.00000231. The van der Waals surface area contributed by atoms with Crippen LogP contribution >= 0.6 is 12.4 Å². The summed E-state index contributed by atoms with van der Waals surface area (Å²) in [7, 11) is 0. The minimum absolute atomic E-state index is 0. The Hall–Kier alpha value is -0.870. The number of ketones is 1. The minimum atomic E-state index is -0.0972. The van der Waals surface area contributed by atoms with Crippen LogP contribution in [0.4, 0.5) is 0 Å². The number of Topliss-reactive ketones (excluding diaryl/α,β-unsaturated/α-hetero) is 1. The summed E-state index contributed by atoms with van der Waals surface area (Å²) in [6, 6.07) is -0.0972. The molecule has 0 aromatic carbocycles. The fourth-order valence-electron chi connectivity index (χ4n) is 8.57. The zero-order valence-corrected chi connectivity index (χ0v) is 20.3. The molecular formula is C26H40ClNO3. The second-order valence-corrected chi connectivity index (χ2v) is 11.5. The van der Waals surface area contributed by atoms with E-state index in [4.69, 9.17) is 4.74 Å². The molecule has 8 atom stereocenters. The first-order chi connectivity index (χ1) is 14.3. The Morgan fingerprint density at radius 2 is 1.84 bits per heavy atom. The van der Waals surface area contributed by atoms with Crippen LogP contribution in [-0.2, 0) is 14.3 Å². The number of hydrogen-bond donors (Lipinski definition) is 1. The lowest BCUT2D eigenvalue weighted by molar-refractivity contribution is -0.150. The molecule has 0 spiro atoms. The Bertz CT molecular complexity index is 760. The van der Waals surface area contributed by atoms with Crippen LogP contribution in [0.25, 0.3) is 0 Å². The van der Waals surface area contributed by atoms with E-state index in [-0.39, 0.29) is 47.3 Å². The number of nitrogens with one attached hydrogen (secondary N) is 1. The highest BCUT2D eigenvalue weighted by atomic mass is 35.5. The first-order valence-electron chi connectivity index (χ1n) is 12.5. The monoisotopic (exact) mass is 449 g/mol. The summed E-state index contributed by atoms with van der Waals surface area (Å²) in [4.78, 5) is 24.8. The molecule has 0 bridgehead atoms. The summed E-state index contributed by atoms with van der Waals surface area (Å²) >= 11 is 0. The van der Waals surface area contributed by atoms with E-state index >= 15 is 0 Å². The average Bonchev–Trinajstić information content (AvgIpc) is 3.35. The smallest absolute Gasteiger partial charge is 0.323 e. The molecule has 1 N–H and O–H groups in total. The van der Waals surface area contributed by atoms with Crippen LogP contribution in [0.5, 0.6) is 0 Å². The lowest BCUT2D eigenvalue weighted by Crippen LogP contribution is -2.51. The number of halogens is 1. The molecule has 174 valence electrons. The summed E-state index contributed by atoms with van der Waals surface area (Å²) in [5, 5.41) is 3.26. The Morgan fingerprint density at radius 3 is 2.55 bits per heavy atom. The van der Waals surface area contributed by atoms with Crippen LogP contribution in [0.3, 0.4) is 0 Å². The normalized spacial score (nSPS) is 46.1. The molecule has 5 rings (SSSR count). The number of carbonyl (C=O) groups excluding carboxylic acids is 2. The molecule has 4 fully saturated rings. The molecule has 0 radical (unpaired) electrons. The van der Waals surface area contributed by atoms with E-state index in [1.165, 1.54) is 25.7 Å². The van der Waals surface area contributed by atoms with Crippen molar-refractivity contribution < 1.29 is 14.3 Å². The summed E-state index contributed by atoms with van der Waals surface area (Å²) in [5.74, 6) is 2.85. The van der Waals surface area contributed by atoms with Crippen molar-refractivity contribution in [3.63, 3.8) is 0 Å². The first kappa shape index (κ1) is 23.3. The number of hydrogen-bond acceptors (Lipinski definition) is 4. The number of allylic oxidation sites excluding steroid dienone is 1. The molecule has 3 saturated carbocycles. The van der Waals surface area contributed by atoms with E-state index in [0.717, 1.165) is 56.9 Å². The van der Waals surface area contributed by atoms with Gasteiger partial charge in [0.05, 0.1) is 0 Å². The van der Waals surface area contributed by atoms with E-state index < -0.39 is 0 Å². The van der Waals surface area contributed by atoms with Crippen LogP contribution < -0.4 is 5.32 Å². The van der Waals surface area contributed by atoms with Gasteiger partial charge in [0.2, 0.25) is 0 Å². The fourth-order valence-corrected chi connectivity index (χ4v) is 8.57. The van der Waals surface area contributed by atoms with Gasteiger partial charge in [0.1, 0.15) is 17.9 Å². The lowest BCUT2D eigenvalue weighted by atomic mass is 9.46. The molecule has 5 heteroatoms. The van der Waals surface area contributed by atoms with Crippen molar-refractivity contribution in [1.29, 1.82) is 0 Å². The molecule has 4 nitrogen and oxygen atoms in total. The van der Waals surface area contributed by atoms with Gasteiger partial charge in [0.25, 0.3) is 0 Å². The van der Waals surface area contributed by atoms with Gasteiger partial charge in [-0.3, -0.25) is 9.59 Å². The van der Waals surface area contributed by atoms with Crippen LogP contribution in [0.2, 0.25) is 0 Å². The van der Waals surface area contributed by atoms with E-state index in [0.29, 0.717) is 11.7 Å². The molecule has 31 heavy (non-hydrogen) atoms. The molecule has 4 aliphatic carbocycles. The first-order valence-corrected chi connectivity index (χ1v) is 12.5. The molecule has 1 saturated heterocycles. The maximum atomic E-state index is 12.5. The third kappa shape index (κ3) is 3.70. The number of fused-ring (bicyclic) bond motifs is 5. The minimum Gasteiger partial charge on any atom is -0.457 e. The molecule has 0 unspecified atom stereocenters. The van der Waals surface area contributed by atoms with Gasteiger partial charge in [-0.15, -0.1) is 12.4 Å². The lowest BCUT2D eigenvalue weighted by Gasteiger charge is -2.58. The molecule has 0 aromatic heterocycles. The van der Waals surface area contributed by atoms with Crippen molar-refractivity contribution in [3.05, 3.63) is 11.6 Å². The van der Waals surface area contributed by atoms with Gasteiger partial charge in [-0.2, -0.15) is 0 Å². The number of carbonyl (C=O) groups is 2. The maximum Gasteiger partial charge on any atom is 0.323 e. The molecule has 1 aliphatic heterocycles. The third-order valence-electron chi connectivity index (χ3n) is 10.2. The number of rotatable bonds is 3. The zero-order valence-electron chi connectivity index (χ0n) is 19.5. The van der Waals surface area contributed by atoms with Crippen molar-refractivity contribution in [2.45, 2.75) is 97.1 Å². The van der Waals surface area contributed by atoms with Gasteiger partial charge in [0, 0.05) is 5.92 Å². The zero-order chi connectivity index (χ0) is 21.1. The van der Waals surface area contributed by atoms with Crippen molar-refractivity contribution in [2.24, 2.45) is 34.5 Å². The molecule has 5 aliphatic rings. The topological polar surface area (TPSA) is 55.4 Å². The average molecular weight is 450 g/mol. The number of esters is 1. The summed E-state index contributed by atoms with van der Waals surface area (Å²) < 4.78 is 5.92. The van der Waals surface area contributed by atoms with Gasteiger partial charge < -0.3 is 10.1 Å². The van der Waals surface area contributed by atoms with E-state index in [9.17, 15) is 9.59 Å². The Morgan fingerprint density at radius 1 is 1.03 bits per heavy atom. The predicted octanol–water partition coefficient (Wildman–Crippen LogP) is 5.24. The highest BCUT2D eigenvalue weighted by Gasteiger charge is 2.59. The molecular weight excluding hydrogens is 410 g/mol. The van der Waals surface area contributed by atoms with Gasteiger partial charge in [-0.25, -0.2) is 0 Å². The van der Waals surface area contributed by atoms with Crippen LogP contribution in [0.1, 0.15) is 85.0 Å². The van der Waals surface area contributed by atoms with E-state index in [1.54, 1.807) is 5.57 Å².